The Morgan fingerprint density at radius 2 is 1.57 bits per heavy atom. The van der Waals surface area contributed by atoms with Crippen molar-refractivity contribution in [1.82, 2.24) is 20.6 Å². The molecule has 1 aromatic heterocycles. The second kappa shape index (κ2) is 10.7. The average molecular weight is 490 g/mol. The van der Waals surface area contributed by atoms with Crippen LogP contribution in [0.1, 0.15) is 13.8 Å². The lowest BCUT2D eigenvalue weighted by Crippen LogP contribution is -2.49. The third-order valence-corrected chi connectivity index (χ3v) is 6.56. The van der Waals surface area contributed by atoms with Crippen molar-refractivity contribution < 1.29 is 9.47 Å². The minimum atomic E-state index is -0.0854. The SMILES string of the molecule is CC(C)CNC(=S)N[C@@H]1CO[C@@H]2[C@@H]1OC[C@@H]2Nc1nccc(-c2ccc(-c3ccccc3)cc2)n1. The van der Waals surface area contributed by atoms with E-state index in [4.69, 9.17) is 26.7 Å². The van der Waals surface area contributed by atoms with Crippen LogP contribution in [0.4, 0.5) is 5.95 Å². The highest BCUT2D eigenvalue weighted by molar-refractivity contribution is 7.80. The van der Waals surface area contributed by atoms with E-state index in [0.717, 1.165) is 17.8 Å². The van der Waals surface area contributed by atoms with Crippen LogP contribution in [0.15, 0.2) is 66.9 Å². The van der Waals surface area contributed by atoms with E-state index in [0.29, 0.717) is 30.2 Å². The van der Waals surface area contributed by atoms with Crippen molar-refractivity contribution in [1.29, 1.82) is 0 Å². The molecule has 0 aliphatic carbocycles. The fraction of sp³-hybridized carbons (Fsp3) is 0.370. The average Bonchev–Trinajstić information content (AvgIpc) is 3.47. The first-order valence-electron chi connectivity index (χ1n) is 12.1. The van der Waals surface area contributed by atoms with Crippen LogP contribution in [0.5, 0.6) is 0 Å². The quantitative estimate of drug-likeness (QED) is 0.432. The van der Waals surface area contributed by atoms with Crippen molar-refractivity contribution >= 4 is 23.3 Å². The molecule has 2 fully saturated rings. The normalized spacial score (nSPS) is 23.2. The Morgan fingerprint density at radius 1 is 0.914 bits per heavy atom. The lowest BCUT2D eigenvalue weighted by atomic mass is 10.0. The Kier molecular flexibility index (Phi) is 7.22. The summed E-state index contributed by atoms with van der Waals surface area (Å²) in [6.45, 7) is 6.21. The van der Waals surface area contributed by atoms with Crippen LogP contribution < -0.4 is 16.0 Å². The molecule has 7 nitrogen and oxygen atoms in total. The Morgan fingerprint density at radius 3 is 2.31 bits per heavy atom. The van der Waals surface area contributed by atoms with Crippen LogP contribution in [0.3, 0.4) is 0 Å². The number of anilines is 1. The molecule has 3 aromatic rings. The van der Waals surface area contributed by atoms with Crippen LogP contribution in [0.2, 0.25) is 0 Å². The molecule has 0 spiro atoms. The van der Waals surface area contributed by atoms with E-state index >= 15 is 0 Å². The van der Waals surface area contributed by atoms with Gasteiger partial charge in [-0.3, -0.25) is 0 Å². The zero-order valence-electron chi connectivity index (χ0n) is 20.0. The smallest absolute Gasteiger partial charge is 0.223 e. The van der Waals surface area contributed by atoms with Gasteiger partial charge in [-0.25, -0.2) is 9.97 Å². The first kappa shape index (κ1) is 23.7. The van der Waals surface area contributed by atoms with Gasteiger partial charge in [-0.1, -0.05) is 68.4 Å². The van der Waals surface area contributed by atoms with Crippen LogP contribution in [-0.2, 0) is 9.47 Å². The maximum absolute atomic E-state index is 6.08. The third-order valence-electron chi connectivity index (χ3n) is 6.30. The Balaban J connectivity index is 1.21. The van der Waals surface area contributed by atoms with E-state index in [1.54, 1.807) is 6.20 Å². The van der Waals surface area contributed by atoms with Gasteiger partial charge in [0.2, 0.25) is 5.95 Å². The first-order chi connectivity index (χ1) is 17.1. The Labute approximate surface area is 211 Å². The van der Waals surface area contributed by atoms with Crippen molar-refractivity contribution in [2.75, 3.05) is 25.1 Å². The van der Waals surface area contributed by atoms with Gasteiger partial charge in [0.15, 0.2) is 5.11 Å². The molecule has 5 rings (SSSR count). The molecule has 3 N–H and O–H groups in total. The lowest BCUT2D eigenvalue weighted by molar-refractivity contribution is 0.0688. The molecule has 2 aromatic carbocycles. The second-order valence-corrected chi connectivity index (χ2v) is 9.82. The van der Waals surface area contributed by atoms with Gasteiger partial charge in [0.25, 0.3) is 0 Å². The second-order valence-electron chi connectivity index (χ2n) is 9.41. The van der Waals surface area contributed by atoms with Gasteiger partial charge in [-0.15, -0.1) is 0 Å². The summed E-state index contributed by atoms with van der Waals surface area (Å²) in [6, 6.07) is 20.7. The van der Waals surface area contributed by atoms with Gasteiger partial charge < -0.3 is 25.4 Å². The number of benzene rings is 2. The fourth-order valence-corrected chi connectivity index (χ4v) is 4.72. The minimum Gasteiger partial charge on any atom is -0.371 e. The van der Waals surface area contributed by atoms with Crippen molar-refractivity contribution in [2.45, 2.75) is 38.1 Å². The predicted molar refractivity (Wildman–Crippen MR) is 142 cm³/mol. The van der Waals surface area contributed by atoms with Gasteiger partial charge in [0.1, 0.15) is 12.2 Å². The van der Waals surface area contributed by atoms with E-state index in [1.165, 1.54) is 11.1 Å². The molecular formula is C27H31N5O2S. The number of aromatic nitrogens is 2. The highest BCUT2D eigenvalue weighted by Crippen LogP contribution is 2.29. The summed E-state index contributed by atoms with van der Waals surface area (Å²) in [7, 11) is 0. The van der Waals surface area contributed by atoms with Crippen LogP contribution in [-0.4, -0.2) is 59.1 Å². The molecule has 2 aliphatic rings. The summed E-state index contributed by atoms with van der Waals surface area (Å²) in [5.74, 6) is 1.09. The molecule has 2 saturated heterocycles. The van der Waals surface area contributed by atoms with Gasteiger partial charge in [-0.05, 0) is 35.3 Å². The minimum absolute atomic E-state index is 0.0225. The number of ether oxygens (including phenoxy) is 2. The number of nitrogens with zero attached hydrogens (tertiary/aromatic N) is 2. The van der Waals surface area contributed by atoms with E-state index in [-0.39, 0.29) is 24.3 Å². The highest BCUT2D eigenvalue weighted by Gasteiger charge is 2.48. The predicted octanol–water partition coefficient (Wildman–Crippen LogP) is 3.88. The third kappa shape index (κ3) is 5.61. The molecule has 0 unspecified atom stereocenters. The highest BCUT2D eigenvalue weighted by atomic mass is 32.1. The zero-order chi connectivity index (χ0) is 24.2. The monoisotopic (exact) mass is 489 g/mol. The molecule has 182 valence electrons. The number of thiocarbonyl (C=S) groups is 1. The summed E-state index contributed by atoms with van der Waals surface area (Å²) in [4.78, 5) is 9.19. The Bertz CT molecular complexity index is 1140. The molecule has 0 bridgehead atoms. The largest absolute Gasteiger partial charge is 0.371 e. The molecule has 35 heavy (non-hydrogen) atoms. The molecule has 0 radical (unpaired) electrons. The number of fused-ring (bicyclic) bond motifs is 1. The summed E-state index contributed by atoms with van der Waals surface area (Å²) < 4.78 is 12.2. The summed E-state index contributed by atoms with van der Waals surface area (Å²) in [6.07, 6.45) is 1.62. The number of rotatable bonds is 7. The number of hydrogen-bond acceptors (Lipinski definition) is 6. The fourth-order valence-electron chi connectivity index (χ4n) is 4.48. The molecule has 0 amide bonds. The maximum atomic E-state index is 6.08. The molecule has 0 saturated carbocycles. The van der Waals surface area contributed by atoms with Gasteiger partial charge in [-0.2, -0.15) is 0 Å². The first-order valence-corrected chi connectivity index (χ1v) is 12.5. The van der Waals surface area contributed by atoms with Crippen molar-refractivity contribution in [3.05, 3.63) is 66.9 Å². The van der Waals surface area contributed by atoms with Gasteiger partial charge in [0.05, 0.1) is 31.0 Å². The van der Waals surface area contributed by atoms with E-state index in [1.807, 2.05) is 24.3 Å². The standard InChI is InChI=1S/C27H31N5O2S/c1-17(2)14-29-27(35)32-23-16-34-24-22(15-33-25(23)24)31-26-28-13-12-21(30-26)20-10-8-19(9-11-20)18-6-4-3-5-7-18/h3-13,17,22-25H,14-16H2,1-2H3,(H,28,30,31)(H2,29,32,35)/t22-,23+,24-,25+/m0/s1. The maximum Gasteiger partial charge on any atom is 0.223 e. The van der Waals surface area contributed by atoms with Crippen LogP contribution in [0, 0.1) is 5.92 Å². The van der Waals surface area contributed by atoms with E-state index < -0.39 is 0 Å². The van der Waals surface area contributed by atoms with E-state index in [9.17, 15) is 0 Å². The van der Waals surface area contributed by atoms with Crippen molar-refractivity contribution in [2.24, 2.45) is 5.92 Å². The molecular weight excluding hydrogens is 458 g/mol. The Hall–Kier alpha value is -3.07. The number of hydrogen-bond donors (Lipinski definition) is 3. The lowest BCUT2D eigenvalue weighted by Gasteiger charge is -2.20. The van der Waals surface area contributed by atoms with Crippen LogP contribution in [0.25, 0.3) is 22.4 Å². The van der Waals surface area contributed by atoms with E-state index in [2.05, 4.69) is 71.2 Å². The zero-order valence-corrected chi connectivity index (χ0v) is 20.8. The number of nitrogens with one attached hydrogen (secondary N) is 3. The van der Waals surface area contributed by atoms with Gasteiger partial charge in [0, 0.05) is 18.3 Å². The van der Waals surface area contributed by atoms with Crippen molar-refractivity contribution in [3.63, 3.8) is 0 Å². The van der Waals surface area contributed by atoms with Crippen LogP contribution >= 0.6 is 12.2 Å². The van der Waals surface area contributed by atoms with Crippen molar-refractivity contribution in [3.8, 4) is 22.4 Å². The molecule has 4 atom stereocenters. The molecule has 8 heteroatoms. The summed E-state index contributed by atoms with van der Waals surface area (Å²) in [5.41, 5.74) is 4.28. The summed E-state index contributed by atoms with van der Waals surface area (Å²) >= 11 is 5.43. The molecule has 2 aliphatic heterocycles. The van der Waals surface area contributed by atoms with Gasteiger partial charge >= 0.3 is 0 Å². The topological polar surface area (TPSA) is 80.3 Å². The molecule has 3 heterocycles. The summed E-state index contributed by atoms with van der Waals surface area (Å²) in [5, 5.41) is 10.7.